The highest BCUT2D eigenvalue weighted by molar-refractivity contribution is 6.08. The van der Waals surface area contributed by atoms with E-state index in [0.717, 1.165) is 55.8 Å². The van der Waals surface area contributed by atoms with Crippen molar-refractivity contribution in [3.8, 4) is 0 Å². The van der Waals surface area contributed by atoms with E-state index in [1.165, 1.54) is 53.9 Å². The smallest absolute Gasteiger partial charge is 0.135 e. The molecular weight excluding hydrogens is 978 g/mol. The first kappa shape index (κ1) is 52.0. The van der Waals surface area contributed by atoms with E-state index in [1.54, 1.807) is 0 Å². The second-order valence-electron chi connectivity index (χ2n) is 15.5. The maximum absolute atomic E-state index is 5.65. The summed E-state index contributed by atoms with van der Waals surface area (Å²) in [7, 11) is 0. The van der Waals surface area contributed by atoms with Gasteiger partial charge in [-0.1, -0.05) is 182 Å². The van der Waals surface area contributed by atoms with Gasteiger partial charge in [-0.25, -0.2) is 0 Å². The molecule has 0 radical (unpaired) electrons. The first-order chi connectivity index (χ1) is 32.2. The van der Waals surface area contributed by atoms with Crippen LogP contribution in [-0.2, 0) is 0 Å². The number of rotatable bonds is 0. The van der Waals surface area contributed by atoms with Crippen LogP contribution in [0.4, 0.5) is 0 Å². The predicted molar refractivity (Wildman–Crippen MR) is 305 cm³/mol. The molecule has 0 amide bonds. The second-order valence-corrected chi connectivity index (χ2v) is 15.5. The summed E-state index contributed by atoms with van der Waals surface area (Å²) in [4.78, 5) is 0. The molecule has 0 saturated carbocycles. The van der Waals surface area contributed by atoms with Crippen LogP contribution in [0.3, 0.4) is 0 Å². The predicted octanol–water partition coefficient (Wildman–Crippen LogP) is 20.0. The van der Waals surface area contributed by atoms with Gasteiger partial charge in [-0.05, 0) is 60.7 Å². The largest absolute Gasteiger partial charge is 0.456 e. The van der Waals surface area contributed by atoms with Crippen LogP contribution in [0.25, 0.3) is 110 Å². The van der Waals surface area contributed by atoms with Crippen molar-refractivity contribution in [1.29, 1.82) is 0 Å². The number of para-hydroxylation sites is 10. The fourth-order valence-corrected chi connectivity index (χ4v) is 8.37. The number of benzene rings is 10. The Bertz CT molecular complexity index is 3200. The zero-order valence-corrected chi connectivity index (χ0v) is 41.3. The van der Waals surface area contributed by atoms with Crippen molar-refractivity contribution < 1.29 is 22.1 Å². The number of hydrogen-bond acceptors (Lipinski definition) is 5. The monoisotopic (exact) mass is 1020 g/mol. The molecule has 350 valence electrons. The maximum Gasteiger partial charge on any atom is 0.135 e. The van der Waals surface area contributed by atoms with Crippen molar-refractivity contribution in [2.45, 2.75) is 0 Å². The minimum absolute atomic E-state index is 0. The minimum Gasteiger partial charge on any atom is -0.456 e. The summed E-state index contributed by atoms with van der Waals surface area (Å²) in [5, 5.41) is 11.9. The molecule has 5 aromatic heterocycles. The molecule has 0 aliphatic heterocycles. The van der Waals surface area contributed by atoms with Crippen molar-refractivity contribution in [2.24, 2.45) is 0 Å². The van der Waals surface area contributed by atoms with Gasteiger partial charge in [0.1, 0.15) is 55.8 Å². The summed E-state index contributed by atoms with van der Waals surface area (Å²) in [5.74, 6) is 0. The van der Waals surface area contributed by atoms with Crippen LogP contribution in [-0.4, -0.2) is 0 Å². The molecule has 0 spiro atoms. The van der Waals surface area contributed by atoms with E-state index in [9.17, 15) is 0 Å². The van der Waals surface area contributed by atoms with Crippen LogP contribution in [0, 0.1) is 0 Å². The third-order valence-corrected chi connectivity index (χ3v) is 11.4. The normalized spacial score (nSPS) is 10.3. The molecule has 5 nitrogen and oxygen atoms in total. The van der Waals surface area contributed by atoms with E-state index in [1.807, 2.05) is 182 Å². The third kappa shape index (κ3) is 10.6. The van der Waals surface area contributed by atoms with Gasteiger partial charge in [0, 0.05) is 53.9 Å². The third-order valence-electron chi connectivity index (χ3n) is 11.4. The van der Waals surface area contributed by atoms with Gasteiger partial charge in [0.05, 0.1) is 0 Å². The molecule has 0 aliphatic rings. The van der Waals surface area contributed by atoms with Crippen LogP contribution < -0.4 is 0 Å². The quantitative estimate of drug-likeness (QED) is 0.151. The van der Waals surface area contributed by atoms with E-state index >= 15 is 0 Å². The van der Waals surface area contributed by atoms with Crippen LogP contribution in [0.1, 0.15) is 0 Å². The molecule has 15 aromatic rings. The van der Waals surface area contributed by atoms with Crippen LogP contribution in [0.15, 0.2) is 265 Å². The van der Waals surface area contributed by atoms with E-state index in [0.29, 0.717) is 0 Å². The molecule has 0 unspecified atom stereocenters. The fourth-order valence-electron chi connectivity index (χ4n) is 8.37. The van der Waals surface area contributed by atoms with Crippen LogP contribution in [0.2, 0.25) is 0 Å². The van der Waals surface area contributed by atoms with Gasteiger partial charge < -0.3 is 22.1 Å². The topological polar surface area (TPSA) is 65.7 Å². The SMILES string of the molecule is Cl.Cl.Cl.Cl.Cl.c1ccc2c(c1)oc1ccccc12.c1ccc2c(c1)oc1ccccc12.c1ccc2c(c1)oc1ccccc12.c1ccc2c(c1)oc1ccccc12.c1ccc2c(c1)oc1ccccc12. The summed E-state index contributed by atoms with van der Waals surface area (Å²) in [6.07, 6.45) is 0. The molecule has 5 heterocycles. The number of furan rings is 5. The number of fused-ring (bicyclic) bond motifs is 15. The summed E-state index contributed by atoms with van der Waals surface area (Å²) < 4.78 is 28.3. The zero-order chi connectivity index (χ0) is 43.4. The Hall–Kier alpha value is -7.35. The Morgan fingerprint density at radius 3 is 0.314 bits per heavy atom. The fraction of sp³-hybridized carbons (Fsp3) is 0. The molecule has 0 fully saturated rings. The molecule has 10 heteroatoms. The average molecular weight is 1020 g/mol. The first-order valence-electron chi connectivity index (χ1n) is 21.6. The average Bonchev–Trinajstić information content (AvgIpc) is 4.21. The summed E-state index contributed by atoms with van der Waals surface area (Å²) in [5.41, 5.74) is 9.62. The van der Waals surface area contributed by atoms with Gasteiger partial charge in [-0.15, -0.1) is 62.0 Å². The summed E-state index contributed by atoms with van der Waals surface area (Å²) >= 11 is 0. The lowest BCUT2D eigenvalue weighted by Gasteiger charge is -1.85. The molecular formula is C60H45Cl5O5. The highest BCUT2D eigenvalue weighted by Crippen LogP contribution is 2.31. The molecule has 0 aliphatic carbocycles. The van der Waals surface area contributed by atoms with E-state index in [-0.39, 0.29) is 62.0 Å². The molecule has 0 saturated heterocycles. The van der Waals surface area contributed by atoms with Crippen molar-refractivity contribution in [3.63, 3.8) is 0 Å². The highest BCUT2D eigenvalue weighted by Gasteiger charge is 2.07. The summed E-state index contributed by atoms with van der Waals surface area (Å²) in [6, 6.07) is 81.0. The van der Waals surface area contributed by atoms with E-state index in [4.69, 9.17) is 22.1 Å². The molecule has 70 heavy (non-hydrogen) atoms. The first-order valence-corrected chi connectivity index (χ1v) is 21.6. The molecule has 0 atom stereocenters. The van der Waals surface area contributed by atoms with Gasteiger partial charge in [-0.3, -0.25) is 0 Å². The van der Waals surface area contributed by atoms with Crippen LogP contribution >= 0.6 is 62.0 Å². The minimum atomic E-state index is 0. The van der Waals surface area contributed by atoms with Crippen LogP contribution in [0.5, 0.6) is 0 Å². The maximum atomic E-state index is 5.65. The number of halogens is 5. The van der Waals surface area contributed by atoms with E-state index < -0.39 is 0 Å². The Morgan fingerprint density at radius 1 is 0.129 bits per heavy atom. The lowest BCUT2D eigenvalue weighted by atomic mass is 10.2. The highest BCUT2D eigenvalue weighted by atomic mass is 35.5. The molecule has 10 aromatic carbocycles. The van der Waals surface area contributed by atoms with Gasteiger partial charge in [0.2, 0.25) is 0 Å². The van der Waals surface area contributed by atoms with E-state index in [2.05, 4.69) is 60.7 Å². The van der Waals surface area contributed by atoms with Gasteiger partial charge in [0.15, 0.2) is 0 Å². The Balaban J connectivity index is 0.000000141. The molecule has 0 bridgehead atoms. The van der Waals surface area contributed by atoms with Crippen molar-refractivity contribution in [3.05, 3.63) is 243 Å². The molecule has 15 rings (SSSR count). The Kier molecular flexibility index (Phi) is 17.7. The molecule has 0 N–H and O–H groups in total. The van der Waals surface area contributed by atoms with Gasteiger partial charge in [-0.2, -0.15) is 0 Å². The number of hydrogen-bond donors (Lipinski definition) is 0. The van der Waals surface area contributed by atoms with Gasteiger partial charge in [0.25, 0.3) is 0 Å². The van der Waals surface area contributed by atoms with Crippen molar-refractivity contribution >= 4 is 172 Å². The summed E-state index contributed by atoms with van der Waals surface area (Å²) in [6.45, 7) is 0. The lowest BCUT2D eigenvalue weighted by molar-refractivity contribution is 0.668. The Morgan fingerprint density at radius 2 is 0.214 bits per heavy atom. The van der Waals surface area contributed by atoms with Crippen molar-refractivity contribution in [2.75, 3.05) is 0 Å². The second kappa shape index (κ2) is 23.8. The zero-order valence-electron chi connectivity index (χ0n) is 37.2. The lowest BCUT2D eigenvalue weighted by Crippen LogP contribution is -1.62. The van der Waals surface area contributed by atoms with Crippen molar-refractivity contribution in [1.82, 2.24) is 0 Å². The van der Waals surface area contributed by atoms with Gasteiger partial charge >= 0.3 is 0 Å². The standard InChI is InChI=1S/5C12H8O.5ClH/c5*1-3-7-11-9(5-1)10-6-2-4-8-12(10)13-11;;;;;/h5*1-8H;5*1H. The Labute approximate surface area is 433 Å².